The molecule has 0 atom stereocenters. The van der Waals surface area contributed by atoms with Gasteiger partial charge in [-0.3, -0.25) is 0 Å². The third-order valence-electron chi connectivity index (χ3n) is 2.26. The average molecular weight is 219 g/mol. The summed E-state index contributed by atoms with van der Waals surface area (Å²) in [6.07, 6.45) is 6.39. The number of allylic oxidation sites excluding steroid dienone is 1. The summed E-state index contributed by atoms with van der Waals surface area (Å²) >= 11 is 0. The summed E-state index contributed by atoms with van der Waals surface area (Å²) in [5.74, 6) is -0.202. The van der Waals surface area contributed by atoms with E-state index >= 15 is 0 Å². The SMILES string of the molecule is O=S(=O)(CCO)NCCC1=CCCC1. The molecule has 0 heterocycles. The fourth-order valence-electron chi connectivity index (χ4n) is 1.52. The third kappa shape index (κ3) is 4.21. The fourth-order valence-corrected chi connectivity index (χ4v) is 2.32. The van der Waals surface area contributed by atoms with Crippen molar-refractivity contribution in [1.82, 2.24) is 4.72 Å². The van der Waals surface area contributed by atoms with Crippen molar-refractivity contribution in [2.24, 2.45) is 0 Å². The highest BCUT2D eigenvalue weighted by Crippen LogP contribution is 2.19. The number of aliphatic hydroxyl groups is 1. The molecular weight excluding hydrogens is 202 g/mol. The molecule has 0 saturated carbocycles. The first kappa shape index (κ1) is 11.7. The van der Waals surface area contributed by atoms with E-state index in [1.165, 1.54) is 12.0 Å². The number of hydrogen-bond acceptors (Lipinski definition) is 3. The van der Waals surface area contributed by atoms with Gasteiger partial charge in [-0.1, -0.05) is 11.6 Å². The molecule has 0 aromatic rings. The van der Waals surface area contributed by atoms with Gasteiger partial charge in [-0.05, 0) is 25.7 Å². The van der Waals surface area contributed by atoms with Gasteiger partial charge in [0.05, 0.1) is 12.4 Å². The molecule has 14 heavy (non-hydrogen) atoms. The van der Waals surface area contributed by atoms with E-state index in [0.29, 0.717) is 6.54 Å². The topological polar surface area (TPSA) is 66.4 Å². The average Bonchev–Trinajstić information content (AvgIpc) is 2.56. The fraction of sp³-hybridized carbons (Fsp3) is 0.778. The van der Waals surface area contributed by atoms with Crippen molar-refractivity contribution in [2.45, 2.75) is 25.7 Å². The molecule has 1 aliphatic carbocycles. The second-order valence-corrected chi connectivity index (χ2v) is 5.37. The molecule has 0 unspecified atom stereocenters. The second-order valence-electron chi connectivity index (χ2n) is 3.44. The van der Waals surface area contributed by atoms with Gasteiger partial charge in [0.1, 0.15) is 0 Å². The van der Waals surface area contributed by atoms with Crippen molar-refractivity contribution in [1.29, 1.82) is 0 Å². The van der Waals surface area contributed by atoms with Gasteiger partial charge in [-0.15, -0.1) is 0 Å². The quantitative estimate of drug-likeness (QED) is 0.635. The van der Waals surface area contributed by atoms with Crippen LogP contribution in [0, 0.1) is 0 Å². The van der Waals surface area contributed by atoms with Gasteiger partial charge in [0, 0.05) is 6.54 Å². The summed E-state index contributed by atoms with van der Waals surface area (Å²) in [5.41, 5.74) is 1.34. The van der Waals surface area contributed by atoms with Crippen molar-refractivity contribution >= 4 is 10.0 Å². The van der Waals surface area contributed by atoms with Crippen LogP contribution < -0.4 is 4.72 Å². The van der Waals surface area contributed by atoms with E-state index in [-0.39, 0.29) is 12.4 Å². The lowest BCUT2D eigenvalue weighted by Crippen LogP contribution is -2.28. The highest BCUT2D eigenvalue weighted by Gasteiger charge is 2.09. The van der Waals surface area contributed by atoms with Gasteiger partial charge >= 0.3 is 0 Å². The Morgan fingerprint density at radius 3 is 2.86 bits per heavy atom. The van der Waals surface area contributed by atoms with Crippen LogP contribution in [0.3, 0.4) is 0 Å². The van der Waals surface area contributed by atoms with Crippen LogP contribution in [-0.4, -0.2) is 32.4 Å². The first-order chi connectivity index (χ1) is 6.64. The van der Waals surface area contributed by atoms with Gasteiger partial charge in [0.2, 0.25) is 10.0 Å². The van der Waals surface area contributed by atoms with Crippen molar-refractivity contribution in [3.63, 3.8) is 0 Å². The maximum Gasteiger partial charge on any atom is 0.213 e. The zero-order valence-corrected chi connectivity index (χ0v) is 9.02. The minimum atomic E-state index is -3.25. The summed E-state index contributed by atoms with van der Waals surface area (Å²) < 4.78 is 24.7. The Morgan fingerprint density at radius 1 is 1.50 bits per heavy atom. The third-order valence-corrected chi connectivity index (χ3v) is 3.63. The van der Waals surface area contributed by atoms with Gasteiger partial charge in [-0.2, -0.15) is 0 Å². The zero-order valence-electron chi connectivity index (χ0n) is 8.20. The molecule has 2 N–H and O–H groups in total. The van der Waals surface area contributed by atoms with Gasteiger partial charge < -0.3 is 5.11 Å². The smallest absolute Gasteiger partial charge is 0.213 e. The first-order valence-electron chi connectivity index (χ1n) is 4.90. The minimum absolute atomic E-state index is 0.202. The molecule has 1 aliphatic rings. The molecule has 0 saturated heterocycles. The van der Waals surface area contributed by atoms with Crippen molar-refractivity contribution in [3.05, 3.63) is 11.6 Å². The largest absolute Gasteiger partial charge is 0.395 e. The lowest BCUT2D eigenvalue weighted by atomic mass is 10.2. The predicted molar refractivity (Wildman–Crippen MR) is 55.4 cm³/mol. The van der Waals surface area contributed by atoms with E-state index in [0.717, 1.165) is 19.3 Å². The Bertz CT molecular complexity index is 295. The number of aliphatic hydroxyl groups excluding tert-OH is 1. The van der Waals surface area contributed by atoms with Crippen LogP contribution in [0.1, 0.15) is 25.7 Å². The standard InChI is InChI=1S/C9H17NO3S/c11-7-8-14(12,13)10-6-5-9-3-1-2-4-9/h3,10-11H,1-2,4-8H2. The van der Waals surface area contributed by atoms with Crippen LogP contribution in [0.2, 0.25) is 0 Å². The molecule has 0 aromatic heterocycles. The lowest BCUT2D eigenvalue weighted by Gasteiger charge is -2.05. The number of rotatable bonds is 6. The molecule has 0 aliphatic heterocycles. The molecule has 4 nitrogen and oxygen atoms in total. The van der Waals surface area contributed by atoms with Gasteiger partial charge in [0.15, 0.2) is 0 Å². The highest BCUT2D eigenvalue weighted by atomic mass is 32.2. The van der Waals surface area contributed by atoms with E-state index in [4.69, 9.17) is 5.11 Å². The molecular formula is C9H17NO3S. The molecule has 0 amide bonds. The first-order valence-corrected chi connectivity index (χ1v) is 6.55. The zero-order chi connectivity index (χ0) is 10.4. The van der Waals surface area contributed by atoms with Crippen LogP contribution in [0.25, 0.3) is 0 Å². The lowest BCUT2D eigenvalue weighted by molar-refractivity contribution is 0.319. The molecule has 5 heteroatoms. The van der Waals surface area contributed by atoms with E-state index in [1.54, 1.807) is 0 Å². The molecule has 0 bridgehead atoms. The molecule has 0 spiro atoms. The van der Waals surface area contributed by atoms with Gasteiger partial charge in [0.25, 0.3) is 0 Å². The Kier molecular flexibility index (Phi) is 4.57. The molecule has 82 valence electrons. The summed E-state index contributed by atoms with van der Waals surface area (Å²) in [6, 6.07) is 0. The van der Waals surface area contributed by atoms with Crippen molar-refractivity contribution in [2.75, 3.05) is 18.9 Å². The predicted octanol–water partition coefficient (Wildman–Crippen LogP) is 0.398. The Morgan fingerprint density at radius 2 is 2.29 bits per heavy atom. The second kappa shape index (κ2) is 5.48. The molecule has 0 radical (unpaired) electrons. The minimum Gasteiger partial charge on any atom is -0.395 e. The summed E-state index contributed by atoms with van der Waals surface area (Å²) in [4.78, 5) is 0. The van der Waals surface area contributed by atoms with Crippen LogP contribution in [0.15, 0.2) is 11.6 Å². The van der Waals surface area contributed by atoms with E-state index in [1.807, 2.05) is 0 Å². The van der Waals surface area contributed by atoms with Crippen LogP contribution in [-0.2, 0) is 10.0 Å². The molecule has 0 fully saturated rings. The van der Waals surface area contributed by atoms with Crippen LogP contribution in [0.5, 0.6) is 0 Å². The Hall–Kier alpha value is -0.390. The highest BCUT2D eigenvalue weighted by molar-refractivity contribution is 7.89. The maximum absolute atomic E-state index is 11.1. The van der Waals surface area contributed by atoms with E-state index < -0.39 is 10.0 Å². The van der Waals surface area contributed by atoms with Crippen molar-refractivity contribution in [3.8, 4) is 0 Å². The monoisotopic (exact) mass is 219 g/mol. The maximum atomic E-state index is 11.1. The van der Waals surface area contributed by atoms with Gasteiger partial charge in [-0.25, -0.2) is 13.1 Å². The Labute approximate surface area is 85.1 Å². The molecule has 0 aromatic carbocycles. The number of hydrogen-bond donors (Lipinski definition) is 2. The normalized spacial score (nSPS) is 17.1. The summed E-state index contributed by atoms with van der Waals surface area (Å²) in [5, 5.41) is 8.48. The summed E-state index contributed by atoms with van der Waals surface area (Å²) in [7, 11) is -3.25. The summed E-state index contributed by atoms with van der Waals surface area (Å²) in [6.45, 7) is 0.131. The van der Waals surface area contributed by atoms with Crippen LogP contribution >= 0.6 is 0 Å². The Balaban J connectivity index is 2.20. The van der Waals surface area contributed by atoms with Crippen molar-refractivity contribution < 1.29 is 13.5 Å². The molecule has 1 rings (SSSR count). The number of nitrogens with one attached hydrogen (secondary N) is 1. The van der Waals surface area contributed by atoms with E-state index in [9.17, 15) is 8.42 Å². The number of sulfonamides is 1. The van der Waals surface area contributed by atoms with E-state index in [2.05, 4.69) is 10.8 Å². The van der Waals surface area contributed by atoms with Crippen LogP contribution in [0.4, 0.5) is 0 Å².